The predicted molar refractivity (Wildman–Crippen MR) is 88.6 cm³/mol. The average molecular weight is 317 g/mol. The summed E-state index contributed by atoms with van der Waals surface area (Å²) in [5.41, 5.74) is -0.451. The van der Waals surface area contributed by atoms with Gasteiger partial charge in [-0.3, -0.25) is 20.2 Å². The number of hydrogen-bond acceptors (Lipinski definition) is 4. The largest absolute Gasteiger partial charge is 0.494 e. The van der Waals surface area contributed by atoms with Crippen LogP contribution in [0.4, 0.5) is 5.69 Å². The average Bonchev–Trinajstić information content (AvgIpc) is 2.53. The van der Waals surface area contributed by atoms with Gasteiger partial charge in [0.05, 0.1) is 7.11 Å². The number of nitrogens with one attached hydrogen (secondary N) is 2. The Kier molecular flexibility index (Phi) is 5.36. The molecule has 1 aliphatic heterocycles. The van der Waals surface area contributed by atoms with Crippen LogP contribution in [0.2, 0.25) is 0 Å². The Hall–Kier alpha value is -2.37. The number of methoxy groups -OCH3 is 1. The predicted octanol–water partition coefficient (Wildman–Crippen LogP) is 2.52. The number of aliphatic imine (C=N–C) groups is 1. The zero-order valence-electron chi connectivity index (χ0n) is 13.8. The number of hydrogen-bond donors (Lipinski definition) is 2. The molecule has 0 bridgehead atoms. The summed E-state index contributed by atoms with van der Waals surface area (Å²) >= 11 is 0. The third-order valence-corrected chi connectivity index (χ3v) is 4.00. The van der Waals surface area contributed by atoms with E-state index in [1.165, 1.54) is 0 Å². The van der Waals surface area contributed by atoms with Gasteiger partial charge in [0.1, 0.15) is 16.9 Å². The summed E-state index contributed by atoms with van der Waals surface area (Å²) in [6, 6.07) is 7.16. The molecule has 0 aliphatic carbocycles. The summed E-state index contributed by atoms with van der Waals surface area (Å²) in [5, 5.41) is 5.46. The molecule has 6 nitrogen and oxygen atoms in total. The van der Waals surface area contributed by atoms with Gasteiger partial charge in [0.15, 0.2) is 0 Å². The number of rotatable bonds is 6. The Morgan fingerprint density at radius 2 is 1.61 bits per heavy atom. The van der Waals surface area contributed by atoms with Crippen molar-refractivity contribution >= 4 is 23.5 Å². The normalized spacial score (nSPS) is 16.6. The van der Waals surface area contributed by atoms with Gasteiger partial charge in [0.2, 0.25) is 17.8 Å². The van der Waals surface area contributed by atoms with Crippen molar-refractivity contribution in [2.75, 3.05) is 7.11 Å². The van der Waals surface area contributed by atoms with E-state index in [0.29, 0.717) is 24.3 Å². The van der Waals surface area contributed by atoms with Gasteiger partial charge in [-0.1, -0.05) is 38.8 Å². The van der Waals surface area contributed by atoms with E-state index in [1.807, 2.05) is 26.0 Å². The number of carbonyl (C=O) groups excluding carboxylic acids is 2. The summed E-state index contributed by atoms with van der Waals surface area (Å²) in [5.74, 6) is 0.159. The zero-order valence-corrected chi connectivity index (χ0v) is 13.8. The third kappa shape index (κ3) is 3.36. The van der Waals surface area contributed by atoms with Crippen LogP contribution < -0.4 is 15.4 Å². The summed E-state index contributed by atoms with van der Waals surface area (Å²) in [4.78, 5) is 29.5. The van der Waals surface area contributed by atoms with Gasteiger partial charge in [-0.2, -0.15) is 0 Å². The molecular weight excluding hydrogens is 294 g/mol. The molecule has 1 heterocycles. The lowest BCUT2D eigenvalue weighted by molar-refractivity contribution is -0.144. The van der Waals surface area contributed by atoms with Crippen molar-refractivity contribution in [3.8, 4) is 5.75 Å². The van der Waals surface area contributed by atoms with Gasteiger partial charge in [-0.05, 0) is 25.0 Å². The first-order valence-electron chi connectivity index (χ1n) is 7.92. The highest BCUT2D eigenvalue weighted by atomic mass is 16.5. The number of para-hydroxylation sites is 2. The van der Waals surface area contributed by atoms with Crippen LogP contribution >= 0.6 is 0 Å². The molecule has 6 heteroatoms. The molecule has 2 N–H and O–H groups in total. The minimum absolute atomic E-state index is 0.146. The zero-order chi connectivity index (χ0) is 16.9. The summed E-state index contributed by atoms with van der Waals surface area (Å²) < 4.78 is 5.23. The van der Waals surface area contributed by atoms with Crippen LogP contribution in [0, 0.1) is 5.41 Å². The number of amides is 2. The number of guanidine groups is 1. The molecule has 0 unspecified atom stereocenters. The second-order valence-corrected chi connectivity index (χ2v) is 5.62. The summed E-state index contributed by atoms with van der Waals surface area (Å²) in [6.07, 6.45) is 2.58. The topological polar surface area (TPSA) is 79.8 Å². The van der Waals surface area contributed by atoms with Crippen molar-refractivity contribution in [2.24, 2.45) is 10.4 Å². The van der Waals surface area contributed by atoms with E-state index in [-0.39, 0.29) is 17.8 Å². The van der Waals surface area contributed by atoms with E-state index in [9.17, 15) is 9.59 Å². The third-order valence-electron chi connectivity index (χ3n) is 4.00. The molecule has 0 radical (unpaired) electrons. The Labute approximate surface area is 136 Å². The Morgan fingerprint density at radius 3 is 2.13 bits per heavy atom. The molecule has 2 amide bonds. The maximum atomic E-state index is 12.6. The maximum absolute atomic E-state index is 12.6. The van der Waals surface area contributed by atoms with Gasteiger partial charge in [-0.15, -0.1) is 0 Å². The molecule has 0 atom stereocenters. The van der Waals surface area contributed by atoms with Crippen LogP contribution in [0.5, 0.6) is 5.75 Å². The number of nitrogens with zero attached hydrogens (tertiary/aromatic N) is 1. The molecule has 1 saturated heterocycles. The van der Waals surface area contributed by atoms with Gasteiger partial charge in [-0.25, -0.2) is 4.99 Å². The first kappa shape index (κ1) is 17.0. The number of benzene rings is 1. The van der Waals surface area contributed by atoms with Crippen molar-refractivity contribution in [1.82, 2.24) is 10.6 Å². The SMILES string of the molecule is CCCC1(CCC)C(=O)NC(=Nc2ccccc2OC)NC1=O. The summed E-state index contributed by atoms with van der Waals surface area (Å²) in [6.45, 7) is 3.94. The minimum Gasteiger partial charge on any atom is -0.494 e. The Balaban J connectivity index is 2.29. The van der Waals surface area contributed by atoms with Crippen LogP contribution in [0.1, 0.15) is 39.5 Å². The standard InChI is InChI=1S/C17H23N3O3/c1-4-10-17(11-5-2)14(21)19-16(20-15(17)22)18-12-8-6-7-9-13(12)23-3/h6-9H,4-5,10-11H2,1-3H3,(H2,18,19,20,21,22). The smallest absolute Gasteiger partial charge is 0.242 e. The van der Waals surface area contributed by atoms with Crippen molar-refractivity contribution in [3.05, 3.63) is 24.3 Å². The molecule has 124 valence electrons. The fourth-order valence-electron chi connectivity index (χ4n) is 2.92. The minimum atomic E-state index is -0.997. The van der Waals surface area contributed by atoms with Crippen LogP contribution in [0.15, 0.2) is 29.3 Å². The van der Waals surface area contributed by atoms with Crippen molar-refractivity contribution in [2.45, 2.75) is 39.5 Å². The van der Waals surface area contributed by atoms with E-state index in [0.717, 1.165) is 12.8 Å². The van der Waals surface area contributed by atoms with Gasteiger partial charge < -0.3 is 4.74 Å². The lowest BCUT2D eigenvalue weighted by Crippen LogP contribution is -2.62. The fourth-order valence-corrected chi connectivity index (χ4v) is 2.92. The number of ether oxygens (including phenoxy) is 1. The lowest BCUT2D eigenvalue weighted by atomic mass is 9.76. The summed E-state index contributed by atoms with van der Waals surface area (Å²) in [7, 11) is 1.55. The monoisotopic (exact) mass is 317 g/mol. The Morgan fingerprint density at radius 1 is 1.04 bits per heavy atom. The fraction of sp³-hybridized carbons (Fsp3) is 0.471. The van der Waals surface area contributed by atoms with E-state index in [2.05, 4.69) is 15.6 Å². The number of carbonyl (C=O) groups is 2. The second-order valence-electron chi connectivity index (χ2n) is 5.62. The molecule has 2 rings (SSSR count). The van der Waals surface area contributed by atoms with Crippen LogP contribution in [0.3, 0.4) is 0 Å². The van der Waals surface area contributed by atoms with Crippen LogP contribution in [-0.2, 0) is 9.59 Å². The van der Waals surface area contributed by atoms with Gasteiger partial charge >= 0.3 is 0 Å². The highest BCUT2D eigenvalue weighted by molar-refractivity contribution is 6.20. The second kappa shape index (κ2) is 7.26. The Bertz CT molecular complexity index is 597. The van der Waals surface area contributed by atoms with Crippen molar-refractivity contribution in [1.29, 1.82) is 0 Å². The quantitative estimate of drug-likeness (QED) is 0.791. The van der Waals surface area contributed by atoms with Crippen molar-refractivity contribution < 1.29 is 14.3 Å². The van der Waals surface area contributed by atoms with E-state index >= 15 is 0 Å². The maximum Gasteiger partial charge on any atom is 0.242 e. The van der Waals surface area contributed by atoms with Crippen LogP contribution in [0.25, 0.3) is 0 Å². The molecule has 1 aliphatic rings. The molecule has 1 fully saturated rings. The molecule has 0 saturated carbocycles. The van der Waals surface area contributed by atoms with Crippen LogP contribution in [-0.4, -0.2) is 24.9 Å². The lowest BCUT2D eigenvalue weighted by Gasteiger charge is -2.35. The molecular formula is C17H23N3O3. The first-order chi connectivity index (χ1) is 11.1. The highest BCUT2D eigenvalue weighted by Crippen LogP contribution is 2.33. The van der Waals surface area contributed by atoms with E-state index in [4.69, 9.17) is 4.74 Å². The highest BCUT2D eigenvalue weighted by Gasteiger charge is 2.48. The molecule has 1 aromatic carbocycles. The molecule has 23 heavy (non-hydrogen) atoms. The van der Waals surface area contributed by atoms with Crippen molar-refractivity contribution in [3.63, 3.8) is 0 Å². The first-order valence-corrected chi connectivity index (χ1v) is 7.92. The van der Waals surface area contributed by atoms with E-state index in [1.54, 1.807) is 19.2 Å². The van der Waals surface area contributed by atoms with Gasteiger partial charge in [0.25, 0.3) is 0 Å². The molecule has 1 aromatic rings. The molecule has 0 spiro atoms. The molecule has 0 aromatic heterocycles. The van der Waals surface area contributed by atoms with Gasteiger partial charge in [0, 0.05) is 0 Å². The van der Waals surface area contributed by atoms with E-state index < -0.39 is 5.41 Å².